The van der Waals surface area contributed by atoms with Gasteiger partial charge in [0.1, 0.15) is 5.84 Å². The van der Waals surface area contributed by atoms with E-state index in [0.29, 0.717) is 10.6 Å². The van der Waals surface area contributed by atoms with Gasteiger partial charge in [0.05, 0.1) is 17.4 Å². The summed E-state index contributed by atoms with van der Waals surface area (Å²) in [5, 5.41) is 11.0. The molecule has 6 nitrogen and oxygen atoms in total. The van der Waals surface area contributed by atoms with E-state index >= 15 is 0 Å². The molecule has 120 valence electrons. The van der Waals surface area contributed by atoms with Crippen LogP contribution in [-0.2, 0) is 14.8 Å². The number of halogens is 1. The number of carboxylic acid groups (broad SMARTS) is 1. The third kappa shape index (κ3) is 4.80. The number of nitrogens with zero attached hydrogens (tertiary/aromatic N) is 1. The molecule has 0 heterocycles. The van der Waals surface area contributed by atoms with Gasteiger partial charge in [0, 0.05) is 10.6 Å². The van der Waals surface area contributed by atoms with Crippen LogP contribution in [0.5, 0.6) is 0 Å². The number of sulfonamides is 1. The first-order chi connectivity index (χ1) is 10.9. The van der Waals surface area contributed by atoms with Crippen LogP contribution in [0.25, 0.3) is 0 Å². The van der Waals surface area contributed by atoms with Crippen molar-refractivity contribution in [2.45, 2.75) is 4.90 Å². The minimum absolute atomic E-state index is 0.0148. The zero-order valence-electron chi connectivity index (χ0n) is 11.8. The molecule has 1 N–H and O–H groups in total. The van der Waals surface area contributed by atoms with Crippen LogP contribution in [0.3, 0.4) is 0 Å². The summed E-state index contributed by atoms with van der Waals surface area (Å²) in [5.74, 6) is -1.49. The van der Waals surface area contributed by atoms with E-state index in [1.807, 2.05) is 0 Å². The van der Waals surface area contributed by atoms with Crippen LogP contribution in [0, 0.1) is 0 Å². The Hall–Kier alpha value is -2.38. The highest BCUT2D eigenvalue weighted by Crippen LogP contribution is 2.14. The average molecular weight is 352 g/mol. The van der Waals surface area contributed by atoms with Crippen LogP contribution >= 0.6 is 11.6 Å². The predicted octanol–water partition coefficient (Wildman–Crippen LogP) is 0.815. The van der Waals surface area contributed by atoms with Gasteiger partial charge in [0.15, 0.2) is 0 Å². The van der Waals surface area contributed by atoms with Crippen molar-refractivity contribution in [3.63, 3.8) is 0 Å². The second kappa shape index (κ2) is 7.26. The van der Waals surface area contributed by atoms with Crippen molar-refractivity contribution >= 4 is 33.4 Å². The van der Waals surface area contributed by atoms with Gasteiger partial charge in [-0.2, -0.15) is 0 Å². The molecule has 0 unspecified atom stereocenters. The van der Waals surface area contributed by atoms with E-state index in [2.05, 4.69) is 9.71 Å². The molecule has 0 saturated heterocycles. The van der Waals surface area contributed by atoms with Crippen LogP contribution in [0.15, 0.2) is 64.5 Å². The fourth-order valence-corrected chi connectivity index (χ4v) is 2.90. The Morgan fingerprint density at radius 1 is 1.09 bits per heavy atom. The highest BCUT2D eigenvalue weighted by molar-refractivity contribution is 7.90. The molecule has 0 amide bonds. The van der Waals surface area contributed by atoms with Crippen molar-refractivity contribution in [2.75, 3.05) is 6.54 Å². The minimum atomic E-state index is -3.93. The number of nitrogens with one attached hydrogen (secondary N) is 1. The number of hydrogen-bond donors (Lipinski definition) is 1. The number of carbonyl (C=O) groups excluding carboxylic acids is 1. The van der Waals surface area contributed by atoms with Crippen LogP contribution < -0.4 is 9.83 Å². The Balaban J connectivity index is 2.35. The third-order valence-electron chi connectivity index (χ3n) is 2.77. The predicted molar refractivity (Wildman–Crippen MR) is 84.6 cm³/mol. The highest BCUT2D eigenvalue weighted by atomic mass is 35.5. The lowest BCUT2D eigenvalue weighted by Crippen LogP contribution is -2.33. The molecule has 0 bridgehead atoms. The molecule has 0 aliphatic rings. The summed E-state index contributed by atoms with van der Waals surface area (Å²) in [6, 6.07) is 13.9. The zero-order chi connectivity index (χ0) is 16.9. The lowest BCUT2D eigenvalue weighted by molar-refractivity contribution is -0.303. The van der Waals surface area contributed by atoms with Crippen molar-refractivity contribution < 1.29 is 18.3 Å². The first-order valence-corrected chi connectivity index (χ1v) is 8.33. The Morgan fingerprint density at radius 3 is 2.26 bits per heavy atom. The number of benzene rings is 2. The standard InChI is InChI=1S/C15H13ClN2O4S/c16-12-6-8-13(9-7-12)23(21,22)18-15(17-10-14(19)20)11-4-2-1-3-5-11/h1-9H,10H2,(H,17,18)(H,19,20)/p-1. The normalized spacial score (nSPS) is 12.0. The SMILES string of the molecule is O=C([O-])CN=C(NS(=O)(=O)c1ccc(Cl)cc1)c1ccccc1. The molecule has 0 spiro atoms. The van der Waals surface area contributed by atoms with Gasteiger partial charge in [-0.3, -0.25) is 9.71 Å². The fourth-order valence-electron chi connectivity index (χ4n) is 1.72. The van der Waals surface area contributed by atoms with Crippen LogP contribution in [-0.4, -0.2) is 26.8 Å². The number of hydrogen-bond acceptors (Lipinski definition) is 5. The number of amidine groups is 1. The summed E-state index contributed by atoms with van der Waals surface area (Å²) in [6.45, 7) is -0.659. The number of rotatable bonds is 5. The van der Waals surface area contributed by atoms with E-state index in [0.717, 1.165) is 0 Å². The maximum absolute atomic E-state index is 12.4. The van der Waals surface area contributed by atoms with E-state index in [1.165, 1.54) is 24.3 Å². The summed E-state index contributed by atoms with van der Waals surface area (Å²) < 4.78 is 27.0. The lowest BCUT2D eigenvalue weighted by Gasteiger charge is -2.12. The molecule has 8 heteroatoms. The number of aliphatic imine (C=N–C) groups is 1. The van der Waals surface area contributed by atoms with Gasteiger partial charge in [-0.15, -0.1) is 0 Å². The van der Waals surface area contributed by atoms with Crippen molar-refractivity contribution in [1.29, 1.82) is 0 Å². The lowest BCUT2D eigenvalue weighted by atomic mass is 10.2. The topological polar surface area (TPSA) is 98.7 Å². The molecule has 0 aromatic heterocycles. The third-order valence-corrected chi connectivity index (χ3v) is 4.38. The maximum atomic E-state index is 12.4. The monoisotopic (exact) mass is 351 g/mol. The average Bonchev–Trinajstić information content (AvgIpc) is 2.52. The first-order valence-electron chi connectivity index (χ1n) is 6.46. The van der Waals surface area contributed by atoms with Gasteiger partial charge in [0.2, 0.25) is 0 Å². The van der Waals surface area contributed by atoms with Gasteiger partial charge in [-0.25, -0.2) is 8.42 Å². The largest absolute Gasteiger partial charge is 0.548 e. The van der Waals surface area contributed by atoms with Crippen molar-refractivity contribution in [3.8, 4) is 0 Å². The molecule has 0 aliphatic heterocycles. The molecule has 0 radical (unpaired) electrons. The maximum Gasteiger partial charge on any atom is 0.263 e. The molecule has 0 atom stereocenters. The first kappa shape index (κ1) is 17.0. The second-order valence-electron chi connectivity index (χ2n) is 4.46. The number of aliphatic carboxylic acids is 1. The Kier molecular flexibility index (Phi) is 5.36. The molecule has 0 saturated carbocycles. The minimum Gasteiger partial charge on any atom is -0.548 e. The highest BCUT2D eigenvalue weighted by Gasteiger charge is 2.17. The molecular formula is C15H12ClN2O4S-. The van der Waals surface area contributed by atoms with Crippen molar-refractivity contribution in [1.82, 2.24) is 4.72 Å². The van der Waals surface area contributed by atoms with Crippen LogP contribution in [0.1, 0.15) is 5.56 Å². The molecule has 2 aromatic carbocycles. The number of carbonyl (C=O) groups is 1. The van der Waals surface area contributed by atoms with Gasteiger partial charge in [-0.05, 0) is 24.3 Å². The quantitative estimate of drug-likeness (QED) is 0.636. The van der Waals surface area contributed by atoms with E-state index in [9.17, 15) is 18.3 Å². The zero-order valence-corrected chi connectivity index (χ0v) is 13.3. The Bertz CT molecular complexity index is 818. The summed E-state index contributed by atoms with van der Waals surface area (Å²) in [6.07, 6.45) is 0. The van der Waals surface area contributed by atoms with Crippen LogP contribution in [0.2, 0.25) is 5.02 Å². The second-order valence-corrected chi connectivity index (χ2v) is 6.58. The molecule has 0 fully saturated rings. The Labute approximate surface area is 138 Å². The van der Waals surface area contributed by atoms with E-state index < -0.39 is 22.5 Å². The number of carboxylic acids is 1. The molecule has 2 rings (SSSR count). The van der Waals surface area contributed by atoms with Gasteiger partial charge in [-0.1, -0.05) is 41.9 Å². The van der Waals surface area contributed by atoms with Gasteiger partial charge >= 0.3 is 0 Å². The fraction of sp³-hybridized carbons (Fsp3) is 0.0667. The molecule has 0 aliphatic carbocycles. The van der Waals surface area contributed by atoms with Crippen molar-refractivity contribution in [3.05, 3.63) is 65.2 Å². The summed E-state index contributed by atoms with van der Waals surface area (Å²) in [5.41, 5.74) is 0.436. The van der Waals surface area contributed by atoms with Gasteiger partial charge < -0.3 is 9.90 Å². The summed E-state index contributed by atoms with van der Waals surface area (Å²) >= 11 is 5.74. The summed E-state index contributed by atoms with van der Waals surface area (Å²) in [4.78, 5) is 14.3. The Morgan fingerprint density at radius 2 is 1.70 bits per heavy atom. The van der Waals surface area contributed by atoms with E-state index in [4.69, 9.17) is 11.6 Å². The van der Waals surface area contributed by atoms with E-state index in [1.54, 1.807) is 30.3 Å². The molecular weight excluding hydrogens is 340 g/mol. The molecule has 2 aromatic rings. The molecule has 23 heavy (non-hydrogen) atoms. The summed E-state index contributed by atoms with van der Waals surface area (Å²) in [7, 11) is -3.93. The van der Waals surface area contributed by atoms with Crippen LogP contribution in [0.4, 0.5) is 0 Å². The smallest absolute Gasteiger partial charge is 0.263 e. The van der Waals surface area contributed by atoms with E-state index in [-0.39, 0.29) is 10.7 Å². The van der Waals surface area contributed by atoms with Gasteiger partial charge in [0.25, 0.3) is 10.0 Å². The van der Waals surface area contributed by atoms with Crippen molar-refractivity contribution in [2.24, 2.45) is 4.99 Å².